The minimum Gasteiger partial charge on any atom is -0.458 e. The first kappa shape index (κ1) is 15.2. The van der Waals surface area contributed by atoms with Crippen molar-refractivity contribution in [2.45, 2.75) is 65.0 Å². The fourth-order valence-corrected chi connectivity index (χ4v) is 2.48. The van der Waals surface area contributed by atoms with E-state index in [9.17, 15) is 4.79 Å². The van der Waals surface area contributed by atoms with E-state index in [2.05, 4.69) is 14.7 Å². The van der Waals surface area contributed by atoms with Crippen LogP contribution in [0.5, 0.6) is 0 Å². The van der Waals surface area contributed by atoms with Gasteiger partial charge in [-0.1, -0.05) is 13.8 Å². The Hall–Kier alpha value is -1.17. The van der Waals surface area contributed by atoms with E-state index >= 15 is 0 Å². The summed E-state index contributed by atoms with van der Waals surface area (Å²) in [6, 6.07) is -0.394. The lowest BCUT2D eigenvalue weighted by molar-refractivity contribution is -0.156. The summed E-state index contributed by atoms with van der Waals surface area (Å²) in [5.41, 5.74) is -0.480. The van der Waals surface area contributed by atoms with Gasteiger partial charge in [0.15, 0.2) is 0 Å². The molecule has 0 bridgehead atoms. The molecule has 1 atom stereocenters. The number of ether oxygens (including phenoxy) is 1. The van der Waals surface area contributed by atoms with Crippen LogP contribution in [0.25, 0.3) is 0 Å². The Kier molecular flexibility index (Phi) is 4.32. The third kappa shape index (κ3) is 4.16. The van der Waals surface area contributed by atoms with Crippen LogP contribution in [0.2, 0.25) is 0 Å². The second kappa shape index (κ2) is 5.68. The number of hydrogen-bond acceptors (Lipinski definition) is 6. The molecule has 0 amide bonds. The van der Waals surface area contributed by atoms with E-state index in [1.165, 1.54) is 24.4 Å². The molecule has 1 fully saturated rings. The highest BCUT2D eigenvalue weighted by molar-refractivity contribution is 7.09. The molecule has 6 heteroatoms. The van der Waals surface area contributed by atoms with Crippen LogP contribution in [0.1, 0.15) is 59.2 Å². The van der Waals surface area contributed by atoms with E-state index in [1.54, 1.807) is 0 Å². The first-order valence-electron chi connectivity index (χ1n) is 7.09. The molecule has 0 radical (unpaired) electrons. The number of esters is 1. The van der Waals surface area contributed by atoms with Gasteiger partial charge >= 0.3 is 5.97 Å². The predicted octanol–water partition coefficient (Wildman–Crippen LogP) is 3.19. The molecule has 1 aliphatic carbocycles. The molecular formula is C14H23N3O2S. The molecule has 0 spiro atoms. The van der Waals surface area contributed by atoms with Crippen molar-refractivity contribution in [2.75, 3.05) is 5.32 Å². The normalized spacial score (nSPS) is 17.1. The van der Waals surface area contributed by atoms with Crippen molar-refractivity contribution in [1.82, 2.24) is 9.36 Å². The summed E-state index contributed by atoms with van der Waals surface area (Å²) in [6.07, 6.45) is 2.35. The molecule has 112 valence electrons. The van der Waals surface area contributed by atoms with E-state index in [0.29, 0.717) is 11.0 Å². The van der Waals surface area contributed by atoms with Gasteiger partial charge in [0.1, 0.15) is 17.5 Å². The highest BCUT2D eigenvalue weighted by atomic mass is 32.1. The van der Waals surface area contributed by atoms with Gasteiger partial charge in [-0.25, -0.2) is 9.78 Å². The molecule has 1 aromatic rings. The van der Waals surface area contributed by atoms with Crippen molar-refractivity contribution in [3.05, 3.63) is 5.82 Å². The van der Waals surface area contributed by atoms with Crippen molar-refractivity contribution >= 4 is 22.6 Å². The van der Waals surface area contributed by atoms with Crippen LogP contribution >= 0.6 is 11.5 Å². The van der Waals surface area contributed by atoms with Crippen LogP contribution < -0.4 is 5.32 Å². The number of aromatic nitrogens is 2. The van der Waals surface area contributed by atoms with E-state index in [0.717, 1.165) is 5.82 Å². The topological polar surface area (TPSA) is 64.1 Å². The van der Waals surface area contributed by atoms with Gasteiger partial charge in [0, 0.05) is 17.5 Å². The smallest absolute Gasteiger partial charge is 0.329 e. The van der Waals surface area contributed by atoms with Crippen molar-refractivity contribution in [3.8, 4) is 0 Å². The SMILES string of the molecule is CC(C)[C@@H](Nc1nc(C2CC2)ns1)C(=O)OC(C)(C)C. The average molecular weight is 297 g/mol. The Morgan fingerprint density at radius 1 is 1.40 bits per heavy atom. The van der Waals surface area contributed by atoms with Gasteiger partial charge < -0.3 is 10.1 Å². The Morgan fingerprint density at radius 2 is 2.05 bits per heavy atom. The fraction of sp³-hybridized carbons (Fsp3) is 0.786. The molecule has 1 aliphatic rings. The summed E-state index contributed by atoms with van der Waals surface area (Å²) in [5.74, 6) is 1.32. The Labute approximate surface area is 124 Å². The summed E-state index contributed by atoms with van der Waals surface area (Å²) in [7, 11) is 0. The zero-order valence-corrected chi connectivity index (χ0v) is 13.6. The van der Waals surface area contributed by atoms with Gasteiger partial charge in [0.2, 0.25) is 5.13 Å². The van der Waals surface area contributed by atoms with Crippen LogP contribution in [-0.2, 0) is 9.53 Å². The van der Waals surface area contributed by atoms with Crippen molar-refractivity contribution < 1.29 is 9.53 Å². The average Bonchev–Trinajstić information content (AvgIpc) is 3.03. The zero-order chi connectivity index (χ0) is 14.9. The van der Waals surface area contributed by atoms with Gasteiger partial charge in [0.05, 0.1) is 0 Å². The zero-order valence-electron chi connectivity index (χ0n) is 12.8. The third-order valence-corrected chi connectivity index (χ3v) is 3.65. The number of anilines is 1. The standard InChI is InChI=1S/C14H23N3O2S/c1-8(2)10(12(18)19-14(3,4)5)15-13-16-11(17-20-13)9-6-7-9/h8-10H,6-7H2,1-5H3,(H,15,16,17)/t10-/m1/s1. The number of carbonyl (C=O) groups is 1. The summed E-state index contributed by atoms with van der Waals surface area (Å²) in [4.78, 5) is 16.7. The van der Waals surface area contributed by atoms with E-state index < -0.39 is 11.6 Å². The van der Waals surface area contributed by atoms with Gasteiger partial charge in [-0.2, -0.15) is 4.37 Å². The molecule has 0 aliphatic heterocycles. The quantitative estimate of drug-likeness (QED) is 0.846. The van der Waals surface area contributed by atoms with Gasteiger partial charge in [-0.05, 0) is 39.5 Å². The van der Waals surface area contributed by atoms with Gasteiger partial charge in [-0.15, -0.1) is 0 Å². The minimum absolute atomic E-state index is 0.123. The molecule has 20 heavy (non-hydrogen) atoms. The Bertz CT molecular complexity index is 475. The molecular weight excluding hydrogens is 274 g/mol. The van der Waals surface area contributed by atoms with E-state index in [4.69, 9.17) is 4.74 Å². The number of hydrogen-bond donors (Lipinski definition) is 1. The second-order valence-corrected chi connectivity index (χ2v) is 7.38. The largest absolute Gasteiger partial charge is 0.458 e. The maximum absolute atomic E-state index is 12.2. The number of nitrogens with one attached hydrogen (secondary N) is 1. The first-order chi connectivity index (χ1) is 9.26. The molecule has 5 nitrogen and oxygen atoms in total. The molecule has 0 unspecified atom stereocenters. The third-order valence-electron chi connectivity index (χ3n) is 2.99. The number of carbonyl (C=O) groups excluding carboxylic acids is 1. The Balaban J connectivity index is 2.02. The van der Waals surface area contributed by atoms with E-state index in [-0.39, 0.29) is 11.9 Å². The summed E-state index contributed by atoms with van der Waals surface area (Å²) >= 11 is 1.32. The molecule has 1 N–H and O–H groups in total. The monoisotopic (exact) mass is 297 g/mol. The Morgan fingerprint density at radius 3 is 2.55 bits per heavy atom. The predicted molar refractivity (Wildman–Crippen MR) is 80.0 cm³/mol. The summed E-state index contributed by atoms with van der Waals surface area (Å²) < 4.78 is 9.80. The maximum atomic E-state index is 12.2. The summed E-state index contributed by atoms with van der Waals surface area (Å²) in [5, 5.41) is 3.88. The molecule has 2 rings (SSSR count). The number of nitrogens with zero attached hydrogens (tertiary/aromatic N) is 2. The molecule has 1 heterocycles. The fourth-order valence-electron chi connectivity index (χ4n) is 1.80. The van der Waals surface area contributed by atoms with Crippen LogP contribution in [-0.4, -0.2) is 27.0 Å². The van der Waals surface area contributed by atoms with Crippen molar-refractivity contribution in [3.63, 3.8) is 0 Å². The maximum Gasteiger partial charge on any atom is 0.329 e. The van der Waals surface area contributed by atoms with Gasteiger partial charge in [-0.3, -0.25) is 0 Å². The molecule has 1 saturated carbocycles. The first-order valence-corrected chi connectivity index (χ1v) is 7.86. The van der Waals surface area contributed by atoms with Crippen molar-refractivity contribution in [1.29, 1.82) is 0 Å². The van der Waals surface area contributed by atoms with E-state index in [1.807, 2.05) is 34.6 Å². The van der Waals surface area contributed by atoms with Crippen LogP contribution in [0.4, 0.5) is 5.13 Å². The lowest BCUT2D eigenvalue weighted by Gasteiger charge is -2.26. The molecule has 0 saturated heterocycles. The van der Waals surface area contributed by atoms with Gasteiger partial charge in [0.25, 0.3) is 0 Å². The molecule has 0 aromatic carbocycles. The lowest BCUT2D eigenvalue weighted by atomic mass is 10.0. The van der Waals surface area contributed by atoms with Crippen LogP contribution in [0.3, 0.4) is 0 Å². The highest BCUT2D eigenvalue weighted by Gasteiger charge is 2.31. The van der Waals surface area contributed by atoms with Crippen LogP contribution in [0.15, 0.2) is 0 Å². The van der Waals surface area contributed by atoms with Crippen LogP contribution in [0, 0.1) is 5.92 Å². The molecule has 1 aromatic heterocycles. The van der Waals surface area contributed by atoms with Crippen molar-refractivity contribution in [2.24, 2.45) is 5.92 Å². The summed E-state index contributed by atoms with van der Waals surface area (Å²) in [6.45, 7) is 9.60. The number of rotatable bonds is 5. The minimum atomic E-state index is -0.480. The second-order valence-electron chi connectivity index (χ2n) is 6.63. The highest BCUT2D eigenvalue weighted by Crippen LogP contribution is 2.39. The lowest BCUT2D eigenvalue weighted by Crippen LogP contribution is -2.39.